The summed E-state index contributed by atoms with van der Waals surface area (Å²) in [5, 5.41) is 10.1. The van der Waals surface area contributed by atoms with Crippen molar-refractivity contribution in [2.75, 3.05) is 7.11 Å². The highest BCUT2D eigenvalue weighted by molar-refractivity contribution is 6.31. The van der Waals surface area contributed by atoms with Crippen LogP contribution in [0.2, 0.25) is 5.02 Å². The number of nitrogens with two attached hydrogens (primary N) is 1. The average molecular weight is 332 g/mol. The summed E-state index contributed by atoms with van der Waals surface area (Å²) < 4.78 is 10.3. The molecule has 5 nitrogen and oxygen atoms in total. The molecule has 0 aromatic heterocycles. The summed E-state index contributed by atoms with van der Waals surface area (Å²) in [4.78, 5) is 12.2. The number of carbonyl (C=O) groups is 1. The van der Waals surface area contributed by atoms with Crippen molar-refractivity contribution in [2.45, 2.75) is 5.92 Å². The number of rotatable bonds is 2. The van der Waals surface area contributed by atoms with Crippen molar-refractivity contribution in [3.8, 4) is 11.5 Å². The molecule has 1 atom stereocenters. The molecule has 0 saturated carbocycles. The lowest BCUT2D eigenvalue weighted by Gasteiger charge is -2.28. The van der Waals surface area contributed by atoms with Gasteiger partial charge in [0.25, 0.3) is 0 Å². The van der Waals surface area contributed by atoms with Crippen LogP contribution in [0, 0.1) is 0 Å². The van der Waals surface area contributed by atoms with E-state index in [1.54, 1.807) is 18.2 Å². The van der Waals surface area contributed by atoms with Gasteiger partial charge in [-0.1, -0.05) is 35.9 Å². The van der Waals surface area contributed by atoms with E-state index in [2.05, 4.69) is 0 Å². The molecule has 0 fully saturated rings. The number of benzene rings is 2. The molecule has 2 aromatic carbocycles. The lowest BCUT2D eigenvalue weighted by molar-refractivity contribution is -0.136. The third kappa shape index (κ3) is 2.59. The lowest BCUT2D eigenvalue weighted by atomic mass is 9.83. The smallest absolute Gasteiger partial charge is 0.340 e. The molecule has 1 unspecified atom stereocenters. The van der Waals surface area contributed by atoms with Gasteiger partial charge in [0, 0.05) is 16.7 Å². The topological polar surface area (TPSA) is 81.8 Å². The average Bonchev–Trinajstić information content (AvgIpc) is 2.53. The Kier molecular flexibility index (Phi) is 3.88. The Morgan fingerprint density at radius 2 is 2.00 bits per heavy atom. The van der Waals surface area contributed by atoms with Gasteiger partial charge in [-0.3, -0.25) is 0 Å². The molecule has 3 N–H and O–H groups in total. The maximum Gasteiger partial charge on any atom is 0.340 e. The van der Waals surface area contributed by atoms with Crippen LogP contribution in [0.5, 0.6) is 11.5 Å². The van der Waals surface area contributed by atoms with Crippen LogP contribution in [0.3, 0.4) is 0 Å². The molecule has 23 heavy (non-hydrogen) atoms. The van der Waals surface area contributed by atoms with Crippen LogP contribution < -0.4 is 10.5 Å². The predicted octanol–water partition coefficient (Wildman–Crippen LogP) is 2.91. The second-order valence-electron chi connectivity index (χ2n) is 5.05. The molecular weight excluding hydrogens is 318 g/mol. The molecule has 2 aromatic rings. The van der Waals surface area contributed by atoms with E-state index in [1.807, 2.05) is 12.1 Å². The zero-order chi connectivity index (χ0) is 16.6. The number of phenols is 1. The maximum absolute atomic E-state index is 12.2. The Morgan fingerprint density at radius 3 is 2.70 bits per heavy atom. The molecule has 118 valence electrons. The fraction of sp³-hybridized carbons (Fsp3) is 0.118. The zero-order valence-electron chi connectivity index (χ0n) is 12.2. The number of hydrogen-bond acceptors (Lipinski definition) is 5. The van der Waals surface area contributed by atoms with E-state index in [9.17, 15) is 9.90 Å². The quantitative estimate of drug-likeness (QED) is 0.827. The SMILES string of the molecule is COC(=O)C1=C(N)Oc2cc(O)ccc2C1c1ccccc1Cl. The first-order chi connectivity index (χ1) is 11.0. The summed E-state index contributed by atoms with van der Waals surface area (Å²) in [6.07, 6.45) is 0. The first-order valence-electron chi connectivity index (χ1n) is 6.86. The summed E-state index contributed by atoms with van der Waals surface area (Å²) in [6, 6.07) is 11.8. The number of hydrogen-bond donors (Lipinski definition) is 2. The third-order valence-electron chi connectivity index (χ3n) is 3.70. The lowest BCUT2D eigenvalue weighted by Crippen LogP contribution is -2.27. The van der Waals surface area contributed by atoms with Gasteiger partial charge >= 0.3 is 5.97 Å². The van der Waals surface area contributed by atoms with Crippen molar-refractivity contribution in [2.24, 2.45) is 5.73 Å². The van der Waals surface area contributed by atoms with Crippen LogP contribution in [0.4, 0.5) is 0 Å². The Labute approximate surface area is 137 Å². The number of carbonyl (C=O) groups excluding carboxylic acids is 1. The monoisotopic (exact) mass is 331 g/mol. The Morgan fingerprint density at radius 1 is 1.26 bits per heavy atom. The molecule has 0 saturated heterocycles. The van der Waals surface area contributed by atoms with Crippen molar-refractivity contribution >= 4 is 17.6 Å². The minimum atomic E-state index is -0.592. The fourth-order valence-electron chi connectivity index (χ4n) is 2.68. The molecule has 0 spiro atoms. The zero-order valence-corrected chi connectivity index (χ0v) is 13.0. The number of ether oxygens (including phenoxy) is 2. The second-order valence-corrected chi connectivity index (χ2v) is 5.46. The largest absolute Gasteiger partial charge is 0.508 e. The molecule has 0 bridgehead atoms. The van der Waals surface area contributed by atoms with Gasteiger partial charge in [0.1, 0.15) is 17.1 Å². The molecule has 1 aliphatic rings. The predicted molar refractivity (Wildman–Crippen MR) is 85.3 cm³/mol. The van der Waals surface area contributed by atoms with E-state index in [4.69, 9.17) is 26.8 Å². The first-order valence-corrected chi connectivity index (χ1v) is 7.24. The minimum Gasteiger partial charge on any atom is -0.508 e. The third-order valence-corrected chi connectivity index (χ3v) is 4.05. The van der Waals surface area contributed by atoms with Gasteiger partial charge in [-0.25, -0.2) is 4.79 Å². The Hall–Kier alpha value is -2.66. The van der Waals surface area contributed by atoms with Crippen molar-refractivity contribution < 1.29 is 19.4 Å². The highest BCUT2D eigenvalue weighted by atomic mass is 35.5. The minimum absolute atomic E-state index is 0.0379. The summed E-state index contributed by atoms with van der Waals surface area (Å²) in [7, 11) is 1.28. The standard InChI is InChI=1S/C17H14ClNO4/c1-22-17(21)15-14(10-4-2-3-5-12(10)18)11-7-6-9(20)8-13(11)23-16(15)19/h2-8,14,20H,19H2,1H3. The second kappa shape index (κ2) is 5.85. The van der Waals surface area contributed by atoms with Gasteiger partial charge in [-0.2, -0.15) is 0 Å². The number of esters is 1. The number of methoxy groups -OCH3 is 1. The van der Waals surface area contributed by atoms with E-state index < -0.39 is 11.9 Å². The Bertz CT molecular complexity index is 816. The summed E-state index contributed by atoms with van der Waals surface area (Å²) in [6.45, 7) is 0. The number of aromatic hydroxyl groups is 1. The molecule has 1 heterocycles. The summed E-state index contributed by atoms with van der Waals surface area (Å²) in [5.74, 6) is -0.789. The molecular formula is C17H14ClNO4. The fourth-order valence-corrected chi connectivity index (χ4v) is 2.93. The van der Waals surface area contributed by atoms with Gasteiger partial charge in [-0.15, -0.1) is 0 Å². The Balaban J connectivity index is 2.27. The van der Waals surface area contributed by atoms with Crippen LogP contribution in [0.25, 0.3) is 0 Å². The van der Waals surface area contributed by atoms with Gasteiger partial charge in [-0.05, 0) is 17.7 Å². The molecule has 0 amide bonds. The molecule has 3 rings (SSSR count). The van der Waals surface area contributed by atoms with Crippen LogP contribution in [0.1, 0.15) is 17.0 Å². The summed E-state index contributed by atoms with van der Waals surface area (Å²) >= 11 is 6.31. The molecule has 6 heteroatoms. The van der Waals surface area contributed by atoms with E-state index >= 15 is 0 Å². The van der Waals surface area contributed by atoms with Crippen LogP contribution in [-0.2, 0) is 9.53 Å². The van der Waals surface area contributed by atoms with Crippen LogP contribution in [-0.4, -0.2) is 18.2 Å². The first kappa shape index (κ1) is 15.2. The number of halogens is 1. The van der Waals surface area contributed by atoms with Gasteiger partial charge in [0.15, 0.2) is 0 Å². The van der Waals surface area contributed by atoms with Crippen molar-refractivity contribution in [3.63, 3.8) is 0 Å². The van der Waals surface area contributed by atoms with Gasteiger partial charge in [0.05, 0.1) is 13.0 Å². The van der Waals surface area contributed by atoms with Gasteiger partial charge < -0.3 is 20.3 Å². The highest BCUT2D eigenvalue weighted by Gasteiger charge is 2.36. The van der Waals surface area contributed by atoms with Crippen molar-refractivity contribution in [3.05, 3.63) is 70.1 Å². The maximum atomic E-state index is 12.2. The van der Waals surface area contributed by atoms with Crippen LogP contribution in [0.15, 0.2) is 53.9 Å². The van der Waals surface area contributed by atoms with Crippen molar-refractivity contribution in [1.29, 1.82) is 0 Å². The molecule has 1 aliphatic heterocycles. The van der Waals surface area contributed by atoms with E-state index in [0.29, 0.717) is 21.9 Å². The molecule has 0 aliphatic carbocycles. The van der Waals surface area contributed by atoms with Gasteiger partial charge in [0.2, 0.25) is 5.88 Å². The summed E-state index contributed by atoms with van der Waals surface area (Å²) in [5.41, 5.74) is 7.48. The van der Waals surface area contributed by atoms with Crippen LogP contribution >= 0.6 is 11.6 Å². The highest BCUT2D eigenvalue weighted by Crippen LogP contribution is 2.45. The number of fused-ring (bicyclic) bond motifs is 1. The van der Waals surface area contributed by atoms with E-state index in [1.165, 1.54) is 19.2 Å². The number of phenolic OH excluding ortho intramolecular Hbond substituents is 1. The van der Waals surface area contributed by atoms with E-state index in [0.717, 1.165) is 0 Å². The van der Waals surface area contributed by atoms with E-state index in [-0.39, 0.29) is 17.2 Å². The molecule has 0 radical (unpaired) electrons. The normalized spacial score (nSPS) is 16.5. The van der Waals surface area contributed by atoms with Crippen molar-refractivity contribution in [1.82, 2.24) is 0 Å².